The Bertz CT molecular complexity index is 589. The average Bonchev–Trinajstić information content (AvgIpc) is 2.45. The molecule has 0 aromatic heterocycles. The Balaban J connectivity index is 2.13. The lowest BCUT2D eigenvalue weighted by Crippen LogP contribution is -2.20. The summed E-state index contributed by atoms with van der Waals surface area (Å²) in [6.45, 7) is 0. The quantitative estimate of drug-likeness (QED) is 0.832. The van der Waals surface area contributed by atoms with Gasteiger partial charge in [-0.05, 0) is 37.4 Å². The van der Waals surface area contributed by atoms with E-state index in [1.165, 1.54) is 23.9 Å². The Kier molecular flexibility index (Phi) is 5.09. The molecular weight excluding hydrogens is 283 g/mol. The van der Waals surface area contributed by atoms with Gasteiger partial charge in [0.1, 0.15) is 17.5 Å². The number of rotatable bonds is 5. The highest BCUT2D eigenvalue weighted by molar-refractivity contribution is 7.99. The summed E-state index contributed by atoms with van der Waals surface area (Å²) in [5, 5.41) is 2.93. The van der Waals surface area contributed by atoms with Crippen LogP contribution in [0.4, 0.5) is 13.2 Å². The van der Waals surface area contributed by atoms with Gasteiger partial charge in [-0.3, -0.25) is 0 Å². The Morgan fingerprint density at radius 3 is 2.50 bits per heavy atom. The molecule has 106 valence electrons. The molecule has 1 N–H and O–H groups in total. The Hall–Kier alpha value is -1.46. The molecule has 20 heavy (non-hydrogen) atoms. The van der Waals surface area contributed by atoms with E-state index < -0.39 is 17.7 Å². The van der Waals surface area contributed by atoms with Crippen LogP contribution in [0.1, 0.15) is 11.6 Å². The highest BCUT2D eigenvalue weighted by Crippen LogP contribution is 2.28. The third kappa shape index (κ3) is 3.55. The topological polar surface area (TPSA) is 12.0 Å². The van der Waals surface area contributed by atoms with Gasteiger partial charge in [-0.15, -0.1) is 11.8 Å². The van der Waals surface area contributed by atoms with Gasteiger partial charge >= 0.3 is 0 Å². The van der Waals surface area contributed by atoms with Crippen LogP contribution in [0.5, 0.6) is 0 Å². The van der Waals surface area contributed by atoms with Crippen LogP contribution in [-0.4, -0.2) is 12.8 Å². The summed E-state index contributed by atoms with van der Waals surface area (Å²) in [6, 6.07) is 9.34. The number of hydrogen-bond donors (Lipinski definition) is 1. The van der Waals surface area contributed by atoms with Crippen LogP contribution in [0.2, 0.25) is 0 Å². The van der Waals surface area contributed by atoms with E-state index in [2.05, 4.69) is 5.32 Å². The van der Waals surface area contributed by atoms with E-state index in [4.69, 9.17) is 0 Å². The second-order valence-electron chi connectivity index (χ2n) is 4.25. The smallest absolute Gasteiger partial charge is 0.136 e. The lowest BCUT2D eigenvalue weighted by atomic mass is 10.1. The maximum absolute atomic E-state index is 13.7. The molecule has 2 rings (SSSR count). The summed E-state index contributed by atoms with van der Waals surface area (Å²) in [7, 11) is 1.66. The fraction of sp³-hybridized carbons (Fsp3) is 0.200. The van der Waals surface area contributed by atoms with Crippen molar-refractivity contribution in [1.29, 1.82) is 0 Å². The Labute approximate surface area is 120 Å². The molecule has 0 amide bonds. The molecule has 0 radical (unpaired) electrons. The van der Waals surface area contributed by atoms with E-state index in [0.717, 1.165) is 12.1 Å². The fourth-order valence-electron chi connectivity index (χ4n) is 1.85. The van der Waals surface area contributed by atoms with Gasteiger partial charge in [-0.1, -0.05) is 12.1 Å². The van der Waals surface area contributed by atoms with E-state index in [1.807, 2.05) is 0 Å². The van der Waals surface area contributed by atoms with Crippen molar-refractivity contribution in [3.63, 3.8) is 0 Å². The molecule has 0 saturated heterocycles. The van der Waals surface area contributed by atoms with E-state index in [1.54, 1.807) is 25.2 Å². The van der Waals surface area contributed by atoms with Gasteiger partial charge in [0.2, 0.25) is 0 Å². The summed E-state index contributed by atoms with van der Waals surface area (Å²) in [5.41, 5.74) is 0.247. The zero-order valence-electron chi connectivity index (χ0n) is 10.9. The lowest BCUT2D eigenvalue weighted by Gasteiger charge is -2.17. The Morgan fingerprint density at radius 2 is 1.80 bits per heavy atom. The minimum absolute atomic E-state index is 0.247. The molecule has 5 heteroatoms. The van der Waals surface area contributed by atoms with Crippen molar-refractivity contribution in [2.75, 3.05) is 12.8 Å². The summed E-state index contributed by atoms with van der Waals surface area (Å²) >= 11 is 1.26. The van der Waals surface area contributed by atoms with E-state index >= 15 is 0 Å². The first-order chi connectivity index (χ1) is 9.61. The first-order valence-electron chi connectivity index (χ1n) is 6.11. The maximum atomic E-state index is 13.7. The van der Waals surface area contributed by atoms with Crippen LogP contribution < -0.4 is 5.32 Å². The van der Waals surface area contributed by atoms with Gasteiger partial charge < -0.3 is 5.32 Å². The van der Waals surface area contributed by atoms with Gasteiger partial charge in [0, 0.05) is 22.3 Å². The van der Waals surface area contributed by atoms with Gasteiger partial charge in [0.15, 0.2) is 0 Å². The molecule has 2 aromatic carbocycles. The highest BCUT2D eigenvalue weighted by Gasteiger charge is 2.16. The van der Waals surface area contributed by atoms with Crippen molar-refractivity contribution in [3.05, 3.63) is 65.5 Å². The van der Waals surface area contributed by atoms with Crippen molar-refractivity contribution in [1.82, 2.24) is 5.32 Å². The third-order valence-corrected chi connectivity index (χ3v) is 4.07. The number of thioether (sulfide) groups is 1. The van der Waals surface area contributed by atoms with E-state index in [-0.39, 0.29) is 11.4 Å². The minimum Gasteiger partial charge on any atom is -0.312 e. The first-order valence-corrected chi connectivity index (χ1v) is 7.10. The van der Waals surface area contributed by atoms with Gasteiger partial charge in [-0.25, -0.2) is 13.2 Å². The highest BCUT2D eigenvalue weighted by atomic mass is 32.2. The summed E-state index contributed by atoms with van der Waals surface area (Å²) in [5.74, 6) is -0.873. The molecule has 1 nitrogen and oxygen atoms in total. The van der Waals surface area contributed by atoms with Crippen LogP contribution in [0.25, 0.3) is 0 Å². The van der Waals surface area contributed by atoms with Crippen molar-refractivity contribution in [2.24, 2.45) is 0 Å². The standard InChI is InChI=1S/C15H14F3NS/c1-19-14(11-8-10(16)6-7-12(11)17)9-20-15-5-3-2-4-13(15)18/h2-8,14,19H,9H2,1H3. The molecule has 0 aliphatic carbocycles. The molecule has 0 spiro atoms. The monoisotopic (exact) mass is 297 g/mol. The van der Waals surface area contributed by atoms with Gasteiger partial charge in [0.25, 0.3) is 0 Å². The first kappa shape index (κ1) is 14.9. The van der Waals surface area contributed by atoms with Crippen molar-refractivity contribution in [3.8, 4) is 0 Å². The third-order valence-electron chi connectivity index (χ3n) is 2.92. The van der Waals surface area contributed by atoms with Crippen LogP contribution >= 0.6 is 11.8 Å². The minimum atomic E-state index is -0.488. The predicted molar refractivity (Wildman–Crippen MR) is 75.3 cm³/mol. The number of halogens is 3. The predicted octanol–water partition coefficient (Wildman–Crippen LogP) is 4.16. The second kappa shape index (κ2) is 6.81. The zero-order chi connectivity index (χ0) is 14.5. The van der Waals surface area contributed by atoms with Crippen LogP contribution in [0.3, 0.4) is 0 Å². The van der Waals surface area contributed by atoms with Gasteiger partial charge in [0.05, 0.1) is 0 Å². The molecule has 0 aliphatic rings. The molecule has 0 aliphatic heterocycles. The molecule has 0 fully saturated rings. The number of benzene rings is 2. The van der Waals surface area contributed by atoms with E-state index in [9.17, 15) is 13.2 Å². The maximum Gasteiger partial charge on any atom is 0.136 e. The number of nitrogens with one attached hydrogen (secondary N) is 1. The van der Waals surface area contributed by atoms with Crippen LogP contribution in [0, 0.1) is 17.5 Å². The number of hydrogen-bond acceptors (Lipinski definition) is 2. The van der Waals surface area contributed by atoms with Crippen molar-refractivity contribution >= 4 is 11.8 Å². The second-order valence-corrected chi connectivity index (χ2v) is 5.31. The van der Waals surface area contributed by atoms with Crippen molar-refractivity contribution < 1.29 is 13.2 Å². The average molecular weight is 297 g/mol. The SMILES string of the molecule is CNC(CSc1ccccc1F)c1cc(F)ccc1F. The molecule has 0 bridgehead atoms. The fourth-order valence-corrected chi connectivity index (χ4v) is 2.92. The summed E-state index contributed by atoms with van der Waals surface area (Å²) < 4.78 is 40.4. The molecule has 0 heterocycles. The zero-order valence-corrected chi connectivity index (χ0v) is 11.7. The lowest BCUT2D eigenvalue weighted by molar-refractivity contribution is 0.549. The molecule has 1 unspecified atom stereocenters. The van der Waals surface area contributed by atoms with Crippen LogP contribution in [-0.2, 0) is 0 Å². The normalized spacial score (nSPS) is 12.4. The van der Waals surface area contributed by atoms with Crippen LogP contribution in [0.15, 0.2) is 47.4 Å². The largest absolute Gasteiger partial charge is 0.312 e. The molecule has 0 saturated carbocycles. The molecular formula is C15H14F3NS. The Morgan fingerprint density at radius 1 is 1.05 bits per heavy atom. The van der Waals surface area contributed by atoms with E-state index in [0.29, 0.717) is 10.6 Å². The summed E-state index contributed by atoms with van der Waals surface area (Å²) in [4.78, 5) is 0.490. The molecule has 2 aromatic rings. The van der Waals surface area contributed by atoms with Gasteiger partial charge in [-0.2, -0.15) is 0 Å². The van der Waals surface area contributed by atoms with Crippen molar-refractivity contribution in [2.45, 2.75) is 10.9 Å². The molecule has 1 atom stereocenters. The summed E-state index contributed by atoms with van der Waals surface area (Å²) in [6.07, 6.45) is 0.